The fourth-order valence-electron chi connectivity index (χ4n) is 2.73. The van der Waals surface area contributed by atoms with Crippen LogP contribution in [0.1, 0.15) is 41.9 Å². The van der Waals surface area contributed by atoms with Crippen molar-refractivity contribution in [3.8, 4) is 0 Å². The van der Waals surface area contributed by atoms with E-state index in [1.165, 1.54) is 6.42 Å². The number of oxazole rings is 1. The topological polar surface area (TPSA) is 58.4 Å². The molecule has 1 atom stereocenters. The Kier molecular flexibility index (Phi) is 3.07. The smallest absolute Gasteiger partial charge is 0.309 e. The molecule has 3 heterocycles. The number of carbonyl (C=O) groups is 1. The van der Waals surface area contributed by atoms with Crippen LogP contribution in [0, 0.1) is 5.92 Å². The number of likely N-dealkylation sites (tertiary alicyclic amines) is 1. The molecule has 0 spiro atoms. The number of aromatic nitrogens is 1. The lowest BCUT2D eigenvalue weighted by Crippen LogP contribution is -2.39. The van der Waals surface area contributed by atoms with E-state index in [4.69, 9.17) is 4.42 Å². The van der Waals surface area contributed by atoms with Crippen LogP contribution in [-0.2, 0) is 13.0 Å². The van der Waals surface area contributed by atoms with Crippen LogP contribution in [0.25, 0.3) is 0 Å². The molecule has 5 nitrogen and oxygen atoms in total. The Bertz CT molecular complexity index is 432. The third kappa shape index (κ3) is 2.14. The number of fused-ring (bicyclic) bond motifs is 1. The molecule has 0 aliphatic carbocycles. The number of piperidine rings is 1. The van der Waals surface area contributed by atoms with Crippen molar-refractivity contribution < 1.29 is 9.21 Å². The fourth-order valence-corrected chi connectivity index (χ4v) is 2.73. The van der Waals surface area contributed by atoms with Gasteiger partial charge in [-0.25, -0.2) is 4.98 Å². The first-order valence-electron chi connectivity index (χ1n) is 6.72. The highest BCUT2D eigenvalue weighted by Gasteiger charge is 2.27. The molecule has 1 N–H and O–H groups in total. The lowest BCUT2D eigenvalue weighted by molar-refractivity contribution is 0.0641. The third-order valence-corrected chi connectivity index (χ3v) is 3.73. The first kappa shape index (κ1) is 11.7. The molecule has 3 rings (SSSR count). The third-order valence-electron chi connectivity index (χ3n) is 3.73. The molecule has 0 saturated carbocycles. The van der Waals surface area contributed by atoms with Crippen LogP contribution in [-0.4, -0.2) is 35.4 Å². The van der Waals surface area contributed by atoms with Crippen LogP contribution in [0.5, 0.6) is 0 Å². The SMILES string of the molecule is CC1CCCN(C(=O)c2nc3c(o2)CCNC3)C1. The van der Waals surface area contributed by atoms with Gasteiger partial charge < -0.3 is 14.6 Å². The number of nitrogens with one attached hydrogen (secondary N) is 1. The minimum atomic E-state index is -0.0454. The monoisotopic (exact) mass is 249 g/mol. The summed E-state index contributed by atoms with van der Waals surface area (Å²) in [5.41, 5.74) is 0.898. The van der Waals surface area contributed by atoms with Gasteiger partial charge in [0.2, 0.25) is 0 Å². The van der Waals surface area contributed by atoms with Gasteiger partial charge in [-0.15, -0.1) is 0 Å². The quantitative estimate of drug-likeness (QED) is 0.812. The summed E-state index contributed by atoms with van der Waals surface area (Å²) < 4.78 is 5.61. The van der Waals surface area contributed by atoms with Gasteiger partial charge >= 0.3 is 5.91 Å². The maximum atomic E-state index is 12.3. The summed E-state index contributed by atoms with van der Waals surface area (Å²) in [6.45, 7) is 5.45. The molecule has 98 valence electrons. The van der Waals surface area contributed by atoms with Gasteiger partial charge in [-0.2, -0.15) is 0 Å². The van der Waals surface area contributed by atoms with E-state index in [1.807, 2.05) is 4.90 Å². The van der Waals surface area contributed by atoms with E-state index in [0.29, 0.717) is 12.5 Å². The molecule has 0 radical (unpaired) electrons. The van der Waals surface area contributed by atoms with Gasteiger partial charge in [0.25, 0.3) is 5.89 Å². The zero-order valence-corrected chi connectivity index (χ0v) is 10.7. The number of hydrogen-bond acceptors (Lipinski definition) is 4. The Balaban J connectivity index is 1.77. The zero-order valence-electron chi connectivity index (χ0n) is 10.7. The number of nitrogens with zero attached hydrogens (tertiary/aromatic N) is 2. The summed E-state index contributed by atoms with van der Waals surface area (Å²) in [7, 11) is 0. The number of rotatable bonds is 1. The fraction of sp³-hybridized carbons (Fsp3) is 0.692. The van der Waals surface area contributed by atoms with Crippen molar-refractivity contribution in [1.82, 2.24) is 15.2 Å². The van der Waals surface area contributed by atoms with Gasteiger partial charge in [-0.05, 0) is 18.8 Å². The second-order valence-corrected chi connectivity index (χ2v) is 5.31. The molecule has 1 amide bonds. The maximum absolute atomic E-state index is 12.3. The molecule has 1 aromatic rings. The van der Waals surface area contributed by atoms with Crippen molar-refractivity contribution in [3.63, 3.8) is 0 Å². The Morgan fingerprint density at radius 2 is 2.44 bits per heavy atom. The Labute approximate surface area is 107 Å². The molecule has 18 heavy (non-hydrogen) atoms. The molecule has 0 bridgehead atoms. The normalized spacial score (nSPS) is 23.8. The second kappa shape index (κ2) is 4.72. The van der Waals surface area contributed by atoms with E-state index in [0.717, 1.165) is 43.9 Å². The van der Waals surface area contributed by atoms with Crippen LogP contribution in [0.2, 0.25) is 0 Å². The minimum absolute atomic E-state index is 0.0454. The van der Waals surface area contributed by atoms with Crippen molar-refractivity contribution in [2.45, 2.75) is 32.7 Å². The van der Waals surface area contributed by atoms with Gasteiger partial charge in [0.1, 0.15) is 5.76 Å². The number of carbonyl (C=O) groups excluding carboxylic acids is 1. The summed E-state index contributed by atoms with van der Waals surface area (Å²) in [6, 6.07) is 0. The van der Waals surface area contributed by atoms with Crippen molar-refractivity contribution in [2.75, 3.05) is 19.6 Å². The summed E-state index contributed by atoms with van der Waals surface area (Å²) >= 11 is 0. The van der Waals surface area contributed by atoms with Crippen LogP contribution < -0.4 is 5.32 Å². The lowest BCUT2D eigenvalue weighted by Gasteiger charge is -2.29. The highest BCUT2D eigenvalue weighted by molar-refractivity contribution is 5.89. The average molecular weight is 249 g/mol. The van der Waals surface area contributed by atoms with Crippen molar-refractivity contribution in [2.24, 2.45) is 5.92 Å². The van der Waals surface area contributed by atoms with Crippen molar-refractivity contribution in [1.29, 1.82) is 0 Å². The molecule has 2 aliphatic rings. The summed E-state index contributed by atoms with van der Waals surface area (Å²) in [5, 5.41) is 3.23. The Hall–Kier alpha value is -1.36. The Morgan fingerprint density at radius 3 is 3.22 bits per heavy atom. The van der Waals surface area contributed by atoms with Crippen LogP contribution in [0.15, 0.2) is 4.42 Å². The standard InChI is InChI=1S/C13H19N3O2/c1-9-3-2-6-16(8-9)13(17)12-15-10-7-14-5-4-11(10)18-12/h9,14H,2-8H2,1H3. The Morgan fingerprint density at radius 1 is 1.56 bits per heavy atom. The van der Waals surface area contributed by atoms with Crippen LogP contribution in [0.3, 0.4) is 0 Å². The highest BCUT2D eigenvalue weighted by atomic mass is 16.4. The summed E-state index contributed by atoms with van der Waals surface area (Å²) in [5.74, 6) is 1.69. The summed E-state index contributed by atoms with van der Waals surface area (Å²) in [6.07, 6.45) is 3.11. The zero-order chi connectivity index (χ0) is 12.5. The van der Waals surface area contributed by atoms with Gasteiger partial charge in [0.15, 0.2) is 0 Å². The van der Waals surface area contributed by atoms with E-state index in [1.54, 1.807) is 0 Å². The number of hydrogen-bond donors (Lipinski definition) is 1. The summed E-state index contributed by atoms with van der Waals surface area (Å²) in [4.78, 5) is 18.5. The molecule has 1 fully saturated rings. The molecule has 1 aromatic heterocycles. The van der Waals surface area contributed by atoms with Crippen molar-refractivity contribution >= 4 is 5.91 Å². The van der Waals surface area contributed by atoms with Crippen LogP contribution >= 0.6 is 0 Å². The highest BCUT2D eigenvalue weighted by Crippen LogP contribution is 2.20. The largest absolute Gasteiger partial charge is 0.437 e. The molecule has 1 saturated heterocycles. The van der Waals surface area contributed by atoms with Gasteiger partial charge in [-0.3, -0.25) is 4.79 Å². The van der Waals surface area contributed by atoms with Gasteiger partial charge in [0.05, 0.1) is 5.69 Å². The van der Waals surface area contributed by atoms with E-state index < -0.39 is 0 Å². The molecule has 0 aromatic carbocycles. The predicted octanol–water partition coefficient (Wildman–Crippen LogP) is 1.19. The molecular formula is C13H19N3O2. The van der Waals surface area contributed by atoms with E-state index >= 15 is 0 Å². The maximum Gasteiger partial charge on any atom is 0.309 e. The number of amides is 1. The minimum Gasteiger partial charge on any atom is -0.437 e. The predicted molar refractivity (Wildman–Crippen MR) is 66.2 cm³/mol. The molecule has 2 aliphatic heterocycles. The van der Waals surface area contributed by atoms with E-state index in [-0.39, 0.29) is 11.8 Å². The average Bonchev–Trinajstić information content (AvgIpc) is 2.81. The molecular weight excluding hydrogens is 230 g/mol. The molecule has 5 heteroatoms. The van der Waals surface area contributed by atoms with Crippen molar-refractivity contribution in [3.05, 3.63) is 17.3 Å². The van der Waals surface area contributed by atoms with Gasteiger partial charge in [-0.1, -0.05) is 6.92 Å². The van der Waals surface area contributed by atoms with Crippen LogP contribution in [0.4, 0.5) is 0 Å². The molecule has 1 unspecified atom stereocenters. The lowest BCUT2D eigenvalue weighted by atomic mass is 10.0. The van der Waals surface area contributed by atoms with E-state index in [9.17, 15) is 4.79 Å². The first-order chi connectivity index (χ1) is 8.74. The van der Waals surface area contributed by atoms with E-state index in [2.05, 4.69) is 17.2 Å². The first-order valence-corrected chi connectivity index (χ1v) is 6.72. The second-order valence-electron chi connectivity index (χ2n) is 5.31. The van der Waals surface area contributed by atoms with Gasteiger partial charge in [0, 0.05) is 32.6 Å².